The van der Waals surface area contributed by atoms with Crippen LogP contribution >= 0.6 is 0 Å². The van der Waals surface area contributed by atoms with Gasteiger partial charge in [-0.1, -0.05) is 33.6 Å². The Morgan fingerprint density at radius 3 is 2.07 bits per heavy atom. The molecular formula is C13H27NO. The summed E-state index contributed by atoms with van der Waals surface area (Å²) in [7, 11) is 3.91. The lowest BCUT2D eigenvalue weighted by Gasteiger charge is -2.38. The molecule has 0 aromatic heterocycles. The maximum absolute atomic E-state index is 5.72. The summed E-state index contributed by atoms with van der Waals surface area (Å²) in [5, 5.41) is 3.48. The third-order valence-corrected chi connectivity index (χ3v) is 3.67. The van der Waals surface area contributed by atoms with Crippen molar-refractivity contribution in [1.29, 1.82) is 0 Å². The molecule has 2 nitrogen and oxygen atoms in total. The molecule has 0 aromatic carbocycles. The van der Waals surface area contributed by atoms with E-state index in [0.29, 0.717) is 12.1 Å². The van der Waals surface area contributed by atoms with Crippen molar-refractivity contribution in [2.24, 2.45) is 11.3 Å². The topological polar surface area (TPSA) is 21.3 Å². The van der Waals surface area contributed by atoms with E-state index in [0.717, 1.165) is 5.92 Å². The summed E-state index contributed by atoms with van der Waals surface area (Å²) in [6, 6.07) is 0.512. The van der Waals surface area contributed by atoms with Crippen molar-refractivity contribution in [2.45, 2.75) is 58.6 Å². The molecule has 0 radical (unpaired) electrons. The first-order valence-corrected chi connectivity index (χ1v) is 6.20. The van der Waals surface area contributed by atoms with Crippen LogP contribution in [0, 0.1) is 11.3 Å². The molecule has 1 saturated carbocycles. The molecule has 0 aliphatic heterocycles. The molecule has 0 aromatic rings. The second kappa shape index (κ2) is 5.31. The van der Waals surface area contributed by atoms with E-state index in [1.54, 1.807) is 0 Å². The SMILES string of the molecule is CNC(C1CCCC1)C(OC)C(C)(C)C. The molecule has 15 heavy (non-hydrogen) atoms. The highest BCUT2D eigenvalue weighted by Gasteiger charge is 2.37. The van der Waals surface area contributed by atoms with E-state index >= 15 is 0 Å². The minimum atomic E-state index is 0.213. The Balaban J connectivity index is 2.69. The summed E-state index contributed by atoms with van der Waals surface area (Å²) in [6.07, 6.45) is 5.82. The van der Waals surface area contributed by atoms with Crippen molar-refractivity contribution in [3.05, 3.63) is 0 Å². The minimum Gasteiger partial charge on any atom is -0.379 e. The van der Waals surface area contributed by atoms with Crippen molar-refractivity contribution in [1.82, 2.24) is 5.32 Å². The summed E-state index contributed by atoms with van der Waals surface area (Å²) < 4.78 is 5.72. The normalized spacial score (nSPS) is 23.0. The molecule has 0 saturated heterocycles. The second-order valence-electron chi connectivity index (χ2n) is 5.88. The van der Waals surface area contributed by atoms with E-state index in [1.165, 1.54) is 25.7 Å². The van der Waals surface area contributed by atoms with Gasteiger partial charge in [0.25, 0.3) is 0 Å². The predicted octanol–water partition coefficient (Wildman–Crippen LogP) is 2.83. The number of rotatable bonds is 4. The van der Waals surface area contributed by atoms with Gasteiger partial charge < -0.3 is 10.1 Å². The average molecular weight is 213 g/mol. The first-order chi connectivity index (χ1) is 7.00. The highest BCUT2D eigenvalue weighted by atomic mass is 16.5. The first-order valence-electron chi connectivity index (χ1n) is 6.20. The highest BCUT2D eigenvalue weighted by molar-refractivity contribution is 4.91. The Morgan fingerprint density at radius 2 is 1.73 bits per heavy atom. The molecule has 0 bridgehead atoms. The third kappa shape index (κ3) is 3.18. The molecule has 0 amide bonds. The maximum Gasteiger partial charge on any atom is 0.0774 e. The highest BCUT2D eigenvalue weighted by Crippen LogP contribution is 2.34. The molecule has 2 atom stereocenters. The zero-order valence-corrected chi connectivity index (χ0v) is 11.0. The summed E-state index contributed by atoms with van der Waals surface area (Å²) in [4.78, 5) is 0. The molecule has 1 aliphatic rings. The van der Waals surface area contributed by atoms with Gasteiger partial charge in [-0.25, -0.2) is 0 Å². The molecule has 0 spiro atoms. The van der Waals surface area contributed by atoms with E-state index in [4.69, 9.17) is 4.74 Å². The van der Waals surface area contributed by atoms with E-state index in [-0.39, 0.29) is 5.41 Å². The van der Waals surface area contributed by atoms with Crippen LogP contribution < -0.4 is 5.32 Å². The van der Waals surface area contributed by atoms with Crippen LogP contribution in [0.15, 0.2) is 0 Å². The molecule has 1 rings (SSSR count). The average Bonchev–Trinajstić information content (AvgIpc) is 2.64. The Bertz CT molecular complexity index is 179. The van der Waals surface area contributed by atoms with Gasteiger partial charge in [-0.15, -0.1) is 0 Å². The Hall–Kier alpha value is -0.0800. The number of ether oxygens (including phenoxy) is 1. The summed E-state index contributed by atoms with van der Waals surface area (Å²) in [6.45, 7) is 6.79. The van der Waals surface area contributed by atoms with Crippen molar-refractivity contribution < 1.29 is 4.74 Å². The lowest BCUT2D eigenvalue weighted by molar-refractivity contribution is -0.0238. The number of hydrogen-bond donors (Lipinski definition) is 1. The molecule has 2 unspecified atom stereocenters. The first kappa shape index (κ1) is 13.0. The zero-order valence-electron chi connectivity index (χ0n) is 11.0. The van der Waals surface area contributed by atoms with Gasteiger partial charge in [0.2, 0.25) is 0 Å². The van der Waals surface area contributed by atoms with Crippen LogP contribution in [-0.4, -0.2) is 26.3 Å². The predicted molar refractivity (Wildman–Crippen MR) is 65.1 cm³/mol. The third-order valence-electron chi connectivity index (χ3n) is 3.67. The van der Waals surface area contributed by atoms with E-state index in [1.807, 2.05) is 7.11 Å². The smallest absolute Gasteiger partial charge is 0.0774 e. The van der Waals surface area contributed by atoms with Crippen LogP contribution in [0.25, 0.3) is 0 Å². The molecule has 1 N–H and O–H groups in total. The standard InChI is InChI=1S/C13H27NO/c1-13(2,3)12(15-5)11(14-4)10-8-6-7-9-10/h10-12,14H,6-9H2,1-5H3. The second-order valence-corrected chi connectivity index (χ2v) is 5.88. The van der Waals surface area contributed by atoms with Crippen LogP contribution in [0.2, 0.25) is 0 Å². The van der Waals surface area contributed by atoms with Crippen molar-refractivity contribution in [2.75, 3.05) is 14.2 Å². The van der Waals surface area contributed by atoms with Gasteiger partial charge in [0.15, 0.2) is 0 Å². The summed E-state index contributed by atoms with van der Waals surface area (Å²) in [5.41, 5.74) is 0.213. The monoisotopic (exact) mass is 213 g/mol. The summed E-state index contributed by atoms with van der Waals surface area (Å²) >= 11 is 0. The van der Waals surface area contributed by atoms with Crippen LogP contribution in [0.4, 0.5) is 0 Å². The van der Waals surface area contributed by atoms with Gasteiger partial charge in [0, 0.05) is 13.2 Å². The van der Waals surface area contributed by atoms with Crippen LogP contribution in [0.5, 0.6) is 0 Å². The van der Waals surface area contributed by atoms with E-state index in [2.05, 4.69) is 33.1 Å². The summed E-state index contributed by atoms with van der Waals surface area (Å²) in [5.74, 6) is 0.805. The molecule has 2 heteroatoms. The fourth-order valence-corrected chi connectivity index (χ4v) is 2.99. The molecular weight excluding hydrogens is 186 g/mol. The molecule has 0 heterocycles. The molecule has 1 aliphatic carbocycles. The number of hydrogen-bond acceptors (Lipinski definition) is 2. The van der Waals surface area contributed by atoms with Crippen LogP contribution in [0.3, 0.4) is 0 Å². The van der Waals surface area contributed by atoms with Crippen LogP contribution in [-0.2, 0) is 4.74 Å². The van der Waals surface area contributed by atoms with Gasteiger partial charge in [0.05, 0.1) is 6.10 Å². The number of methoxy groups -OCH3 is 1. The largest absolute Gasteiger partial charge is 0.379 e. The quantitative estimate of drug-likeness (QED) is 0.775. The molecule has 1 fully saturated rings. The van der Waals surface area contributed by atoms with Gasteiger partial charge in [-0.3, -0.25) is 0 Å². The zero-order chi connectivity index (χ0) is 11.5. The van der Waals surface area contributed by atoms with Crippen molar-refractivity contribution >= 4 is 0 Å². The van der Waals surface area contributed by atoms with E-state index in [9.17, 15) is 0 Å². The Morgan fingerprint density at radius 1 is 1.20 bits per heavy atom. The van der Waals surface area contributed by atoms with Gasteiger partial charge >= 0.3 is 0 Å². The lowest BCUT2D eigenvalue weighted by atomic mass is 9.79. The van der Waals surface area contributed by atoms with Crippen molar-refractivity contribution in [3.63, 3.8) is 0 Å². The van der Waals surface area contributed by atoms with Crippen LogP contribution in [0.1, 0.15) is 46.5 Å². The lowest BCUT2D eigenvalue weighted by Crippen LogP contribution is -2.50. The van der Waals surface area contributed by atoms with E-state index < -0.39 is 0 Å². The maximum atomic E-state index is 5.72. The molecule has 90 valence electrons. The van der Waals surface area contributed by atoms with Crippen molar-refractivity contribution in [3.8, 4) is 0 Å². The van der Waals surface area contributed by atoms with Gasteiger partial charge in [-0.2, -0.15) is 0 Å². The fourth-order valence-electron chi connectivity index (χ4n) is 2.99. The van der Waals surface area contributed by atoms with Gasteiger partial charge in [-0.05, 0) is 31.2 Å². The minimum absolute atomic E-state index is 0.213. The number of nitrogens with one attached hydrogen (secondary N) is 1. The fraction of sp³-hybridized carbons (Fsp3) is 1.00. The number of likely N-dealkylation sites (N-methyl/N-ethyl adjacent to an activating group) is 1. The van der Waals surface area contributed by atoms with Gasteiger partial charge in [0.1, 0.15) is 0 Å². The Labute approximate surface area is 94.8 Å². The Kier molecular flexibility index (Phi) is 4.60.